The number of amides is 1. The molecule has 0 saturated heterocycles. The number of benzene rings is 3. The van der Waals surface area contributed by atoms with Crippen LogP contribution >= 0.6 is 11.6 Å². The van der Waals surface area contributed by atoms with Crippen molar-refractivity contribution in [2.45, 2.75) is 18.7 Å². The Hall–Kier alpha value is -2.83. The Balaban J connectivity index is 1.93. The smallest absolute Gasteiger partial charge is 0.264 e. The first-order chi connectivity index (χ1) is 13.8. The van der Waals surface area contributed by atoms with Crippen LogP contribution in [0.4, 0.5) is 11.4 Å². The predicted molar refractivity (Wildman–Crippen MR) is 117 cm³/mol. The molecule has 0 heterocycles. The van der Waals surface area contributed by atoms with Crippen molar-refractivity contribution in [3.63, 3.8) is 0 Å². The summed E-state index contributed by atoms with van der Waals surface area (Å²) in [4.78, 5) is 12.9. The van der Waals surface area contributed by atoms with Crippen molar-refractivity contribution in [3.05, 3.63) is 88.9 Å². The van der Waals surface area contributed by atoms with Gasteiger partial charge in [-0.3, -0.25) is 9.10 Å². The molecular formula is C22H21ClN2O3S. The first-order valence-corrected chi connectivity index (χ1v) is 10.8. The molecule has 0 fully saturated rings. The predicted octanol–water partition coefficient (Wildman–Crippen LogP) is 4.79. The summed E-state index contributed by atoms with van der Waals surface area (Å²) >= 11 is 6.01. The average Bonchev–Trinajstić information content (AvgIpc) is 2.70. The lowest BCUT2D eigenvalue weighted by molar-refractivity contribution is -0.114. The van der Waals surface area contributed by atoms with Gasteiger partial charge in [0.15, 0.2) is 0 Å². The number of sulfonamides is 1. The first-order valence-electron chi connectivity index (χ1n) is 8.98. The molecule has 3 aromatic rings. The van der Waals surface area contributed by atoms with E-state index in [0.29, 0.717) is 16.4 Å². The van der Waals surface area contributed by atoms with Gasteiger partial charge in [-0.05, 0) is 55.8 Å². The molecule has 0 radical (unpaired) electrons. The molecule has 0 atom stereocenters. The third-order valence-corrected chi connectivity index (χ3v) is 6.44. The van der Waals surface area contributed by atoms with Gasteiger partial charge >= 0.3 is 0 Å². The van der Waals surface area contributed by atoms with Crippen LogP contribution < -0.4 is 9.62 Å². The van der Waals surface area contributed by atoms with Crippen LogP contribution in [0.25, 0.3) is 0 Å². The summed E-state index contributed by atoms with van der Waals surface area (Å²) in [5, 5.41) is 3.24. The van der Waals surface area contributed by atoms with Crippen molar-refractivity contribution in [3.8, 4) is 0 Å². The van der Waals surface area contributed by atoms with Gasteiger partial charge in [0.05, 0.1) is 10.6 Å². The Morgan fingerprint density at radius 1 is 0.966 bits per heavy atom. The van der Waals surface area contributed by atoms with Crippen LogP contribution in [0.2, 0.25) is 5.02 Å². The fraction of sp³-hybridized carbons (Fsp3) is 0.136. The summed E-state index contributed by atoms with van der Waals surface area (Å²) in [6, 6.07) is 20.2. The second-order valence-corrected chi connectivity index (χ2v) is 8.97. The van der Waals surface area contributed by atoms with Crippen LogP contribution in [0, 0.1) is 13.8 Å². The van der Waals surface area contributed by atoms with Crippen molar-refractivity contribution < 1.29 is 13.2 Å². The quantitative estimate of drug-likeness (QED) is 0.613. The normalized spacial score (nSPS) is 11.1. The third kappa shape index (κ3) is 4.96. The van der Waals surface area contributed by atoms with Gasteiger partial charge < -0.3 is 5.32 Å². The fourth-order valence-corrected chi connectivity index (χ4v) is 4.39. The molecule has 1 amide bonds. The molecule has 7 heteroatoms. The highest BCUT2D eigenvalue weighted by atomic mass is 35.5. The number of aryl methyl sites for hydroxylation is 2. The molecular weight excluding hydrogens is 408 g/mol. The van der Waals surface area contributed by atoms with Gasteiger partial charge in [0.25, 0.3) is 10.0 Å². The maximum atomic E-state index is 13.3. The van der Waals surface area contributed by atoms with Gasteiger partial charge in [0.1, 0.15) is 6.54 Å². The summed E-state index contributed by atoms with van der Waals surface area (Å²) in [6.07, 6.45) is 0. The molecule has 0 aliphatic carbocycles. The standard InChI is InChI=1S/C22H21ClN2O3S/c1-16-8-12-20(13-9-16)29(27,28)25(19-6-4-3-5-7-19)15-22(26)24-21-14-18(23)11-10-17(21)2/h3-14H,15H2,1-2H3,(H,24,26). The van der Waals surface area contributed by atoms with E-state index in [2.05, 4.69) is 5.32 Å². The van der Waals surface area contributed by atoms with E-state index >= 15 is 0 Å². The highest BCUT2D eigenvalue weighted by Gasteiger charge is 2.27. The minimum atomic E-state index is -3.93. The maximum absolute atomic E-state index is 13.3. The van der Waals surface area contributed by atoms with Crippen LogP contribution in [-0.4, -0.2) is 20.9 Å². The highest BCUT2D eigenvalue weighted by molar-refractivity contribution is 7.92. The molecule has 1 N–H and O–H groups in total. The van der Waals surface area contributed by atoms with Gasteiger partial charge in [0.2, 0.25) is 5.91 Å². The monoisotopic (exact) mass is 428 g/mol. The van der Waals surface area contributed by atoms with Crippen LogP contribution in [-0.2, 0) is 14.8 Å². The summed E-state index contributed by atoms with van der Waals surface area (Å²) < 4.78 is 27.7. The van der Waals surface area contributed by atoms with Crippen molar-refractivity contribution in [1.29, 1.82) is 0 Å². The zero-order chi connectivity index (χ0) is 21.0. The molecule has 0 bridgehead atoms. The van der Waals surface area contributed by atoms with Crippen molar-refractivity contribution >= 4 is 38.9 Å². The number of hydrogen-bond donors (Lipinski definition) is 1. The SMILES string of the molecule is Cc1ccc(S(=O)(=O)N(CC(=O)Nc2cc(Cl)ccc2C)c2ccccc2)cc1. The summed E-state index contributed by atoms with van der Waals surface area (Å²) in [6.45, 7) is 3.35. The Kier molecular flexibility index (Phi) is 6.25. The summed E-state index contributed by atoms with van der Waals surface area (Å²) in [5.41, 5.74) is 2.73. The largest absolute Gasteiger partial charge is 0.324 e. The minimum absolute atomic E-state index is 0.124. The van der Waals surface area contributed by atoms with Gasteiger partial charge in [0, 0.05) is 10.7 Å². The molecule has 0 spiro atoms. The Labute approximate surface area is 176 Å². The molecule has 5 nitrogen and oxygen atoms in total. The summed E-state index contributed by atoms with van der Waals surface area (Å²) in [5.74, 6) is -0.463. The van der Waals surface area contributed by atoms with E-state index < -0.39 is 15.9 Å². The van der Waals surface area contributed by atoms with Crippen molar-refractivity contribution in [2.75, 3.05) is 16.2 Å². The molecule has 3 aromatic carbocycles. The Bertz CT molecular complexity index is 1110. The lowest BCUT2D eigenvalue weighted by Crippen LogP contribution is -2.38. The molecule has 0 aromatic heterocycles. The molecule has 0 aliphatic heterocycles. The maximum Gasteiger partial charge on any atom is 0.264 e. The lowest BCUT2D eigenvalue weighted by atomic mass is 10.2. The van der Waals surface area contributed by atoms with E-state index in [4.69, 9.17) is 11.6 Å². The minimum Gasteiger partial charge on any atom is -0.324 e. The number of para-hydroxylation sites is 1. The number of anilines is 2. The number of halogens is 1. The second kappa shape index (κ2) is 8.68. The third-order valence-electron chi connectivity index (χ3n) is 4.41. The number of rotatable bonds is 6. The van der Waals surface area contributed by atoms with Crippen LogP contribution in [0.5, 0.6) is 0 Å². The van der Waals surface area contributed by atoms with Gasteiger partial charge in [-0.15, -0.1) is 0 Å². The van der Waals surface area contributed by atoms with Crippen LogP contribution in [0.1, 0.15) is 11.1 Å². The number of nitrogens with zero attached hydrogens (tertiary/aromatic N) is 1. The number of carbonyl (C=O) groups is 1. The Morgan fingerprint density at radius 2 is 1.62 bits per heavy atom. The second-order valence-electron chi connectivity index (χ2n) is 6.67. The van der Waals surface area contributed by atoms with E-state index in [1.165, 1.54) is 0 Å². The first kappa shape index (κ1) is 20.9. The van der Waals surface area contributed by atoms with Crippen LogP contribution in [0.3, 0.4) is 0 Å². The van der Waals surface area contributed by atoms with Crippen LogP contribution in [0.15, 0.2) is 77.7 Å². The number of hydrogen-bond acceptors (Lipinski definition) is 3. The molecule has 0 aliphatic rings. The lowest BCUT2D eigenvalue weighted by Gasteiger charge is -2.24. The van der Waals surface area contributed by atoms with E-state index in [9.17, 15) is 13.2 Å². The molecule has 29 heavy (non-hydrogen) atoms. The van der Waals surface area contributed by atoms with E-state index in [-0.39, 0.29) is 11.4 Å². The van der Waals surface area contributed by atoms with Gasteiger partial charge in [-0.25, -0.2) is 8.42 Å². The molecule has 3 rings (SSSR count). The van der Waals surface area contributed by atoms with Crippen molar-refractivity contribution in [1.82, 2.24) is 0 Å². The van der Waals surface area contributed by atoms with E-state index in [1.54, 1.807) is 72.8 Å². The molecule has 0 saturated carbocycles. The Morgan fingerprint density at radius 3 is 2.28 bits per heavy atom. The topological polar surface area (TPSA) is 66.5 Å². The van der Waals surface area contributed by atoms with E-state index in [0.717, 1.165) is 15.4 Å². The summed E-state index contributed by atoms with van der Waals surface area (Å²) in [7, 11) is -3.93. The zero-order valence-corrected chi connectivity index (χ0v) is 17.7. The zero-order valence-electron chi connectivity index (χ0n) is 16.1. The fourth-order valence-electron chi connectivity index (χ4n) is 2.80. The average molecular weight is 429 g/mol. The highest BCUT2D eigenvalue weighted by Crippen LogP contribution is 2.25. The molecule has 150 valence electrons. The van der Waals surface area contributed by atoms with Crippen molar-refractivity contribution in [2.24, 2.45) is 0 Å². The van der Waals surface area contributed by atoms with E-state index in [1.807, 2.05) is 13.8 Å². The van der Waals surface area contributed by atoms with Gasteiger partial charge in [-0.1, -0.05) is 53.6 Å². The van der Waals surface area contributed by atoms with Gasteiger partial charge in [-0.2, -0.15) is 0 Å². The number of carbonyl (C=O) groups excluding carboxylic acids is 1. The number of nitrogens with one attached hydrogen (secondary N) is 1. The molecule has 0 unspecified atom stereocenters.